The molecule has 92 valence electrons. The molecule has 1 atom stereocenters. The van der Waals surface area contributed by atoms with Crippen molar-refractivity contribution in [3.05, 3.63) is 12.8 Å². The molecule has 0 amide bonds. The van der Waals surface area contributed by atoms with Crippen molar-refractivity contribution in [2.24, 2.45) is 11.8 Å². The van der Waals surface area contributed by atoms with E-state index in [-0.39, 0.29) is 0 Å². The lowest BCUT2D eigenvalue weighted by molar-refractivity contribution is 0.155. The van der Waals surface area contributed by atoms with Crippen LogP contribution in [0.4, 0.5) is 0 Å². The van der Waals surface area contributed by atoms with Gasteiger partial charge in [-0.25, -0.2) is 0 Å². The van der Waals surface area contributed by atoms with Crippen molar-refractivity contribution in [2.75, 3.05) is 13.1 Å². The maximum atomic E-state index is 3.92. The SMILES string of the molecule is C=CN1CCCC(C2CCCCCCC2)C1. The third-order valence-electron chi connectivity index (χ3n) is 4.56. The molecule has 2 rings (SSSR count). The van der Waals surface area contributed by atoms with Crippen LogP contribution in [0.25, 0.3) is 0 Å². The quantitative estimate of drug-likeness (QED) is 0.675. The second-order valence-corrected chi connectivity index (χ2v) is 5.69. The highest BCUT2D eigenvalue weighted by molar-refractivity contribution is 4.83. The molecule has 0 aromatic heterocycles. The summed E-state index contributed by atoms with van der Waals surface area (Å²) >= 11 is 0. The summed E-state index contributed by atoms with van der Waals surface area (Å²) in [6, 6.07) is 0. The van der Waals surface area contributed by atoms with E-state index in [0.29, 0.717) is 0 Å². The molecule has 0 N–H and O–H groups in total. The van der Waals surface area contributed by atoms with E-state index in [4.69, 9.17) is 0 Å². The maximum absolute atomic E-state index is 3.92. The predicted molar refractivity (Wildman–Crippen MR) is 70.3 cm³/mol. The van der Waals surface area contributed by atoms with Crippen LogP contribution in [0.2, 0.25) is 0 Å². The molecular weight excluding hydrogens is 194 g/mol. The molecule has 0 aromatic rings. The molecule has 1 heterocycles. The normalized spacial score (nSPS) is 29.5. The van der Waals surface area contributed by atoms with E-state index in [1.54, 1.807) is 0 Å². The minimum absolute atomic E-state index is 0.963. The number of piperidine rings is 1. The summed E-state index contributed by atoms with van der Waals surface area (Å²) < 4.78 is 0. The Morgan fingerprint density at radius 2 is 1.44 bits per heavy atom. The Balaban J connectivity index is 1.85. The average molecular weight is 221 g/mol. The van der Waals surface area contributed by atoms with Gasteiger partial charge in [-0.15, -0.1) is 0 Å². The van der Waals surface area contributed by atoms with E-state index in [1.807, 2.05) is 0 Å². The van der Waals surface area contributed by atoms with Crippen LogP contribution >= 0.6 is 0 Å². The molecule has 0 radical (unpaired) electrons. The molecule has 16 heavy (non-hydrogen) atoms. The number of hydrogen-bond acceptors (Lipinski definition) is 1. The summed E-state index contributed by atoms with van der Waals surface area (Å²) in [6.45, 7) is 6.45. The average Bonchev–Trinajstić information content (AvgIpc) is 2.29. The molecule has 0 spiro atoms. The van der Waals surface area contributed by atoms with Gasteiger partial charge in [0.05, 0.1) is 0 Å². The second kappa shape index (κ2) is 6.32. The minimum atomic E-state index is 0.963. The predicted octanol–water partition coefficient (Wildman–Crippen LogP) is 4.20. The Morgan fingerprint density at radius 3 is 2.12 bits per heavy atom. The van der Waals surface area contributed by atoms with Gasteiger partial charge in [0.2, 0.25) is 0 Å². The third-order valence-corrected chi connectivity index (χ3v) is 4.56. The lowest BCUT2D eigenvalue weighted by Crippen LogP contribution is -2.35. The maximum Gasteiger partial charge on any atom is 0.0203 e. The lowest BCUT2D eigenvalue weighted by atomic mass is 9.78. The topological polar surface area (TPSA) is 3.24 Å². The first-order valence-electron chi connectivity index (χ1n) is 7.27. The van der Waals surface area contributed by atoms with Gasteiger partial charge in [-0.1, -0.05) is 51.5 Å². The van der Waals surface area contributed by atoms with Gasteiger partial charge in [-0.3, -0.25) is 0 Å². The highest BCUT2D eigenvalue weighted by Crippen LogP contribution is 2.33. The fraction of sp³-hybridized carbons (Fsp3) is 0.867. The Morgan fingerprint density at radius 1 is 0.812 bits per heavy atom. The van der Waals surface area contributed by atoms with Gasteiger partial charge in [-0.05, 0) is 30.9 Å². The van der Waals surface area contributed by atoms with Crippen molar-refractivity contribution in [2.45, 2.75) is 57.8 Å². The molecule has 2 aliphatic rings. The van der Waals surface area contributed by atoms with Crippen molar-refractivity contribution in [1.29, 1.82) is 0 Å². The summed E-state index contributed by atoms with van der Waals surface area (Å²) in [5.74, 6) is 1.98. The highest BCUT2D eigenvalue weighted by Gasteiger charge is 2.25. The number of hydrogen-bond donors (Lipinski definition) is 0. The van der Waals surface area contributed by atoms with E-state index >= 15 is 0 Å². The molecule has 0 aromatic carbocycles. The first-order chi connectivity index (χ1) is 7.90. The summed E-state index contributed by atoms with van der Waals surface area (Å²) in [5.41, 5.74) is 0. The fourth-order valence-electron chi connectivity index (χ4n) is 3.55. The Hall–Kier alpha value is -0.460. The first-order valence-corrected chi connectivity index (χ1v) is 7.27. The van der Waals surface area contributed by atoms with Crippen LogP contribution in [0.15, 0.2) is 12.8 Å². The molecule has 1 nitrogen and oxygen atoms in total. The molecular formula is C15H27N. The summed E-state index contributed by atoms with van der Waals surface area (Å²) in [4.78, 5) is 2.44. The molecule has 1 aliphatic heterocycles. The van der Waals surface area contributed by atoms with Crippen molar-refractivity contribution < 1.29 is 0 Å². The van der Waals surface area contributed by atoms with Crippen molar-refractivity contribution in [3.8, 4) is 0 Å². The first kappa shape index (κ1) is 12.0. The second-order valence-electron chi connectivity index (χ2n) is 5.69. The van der Waals surface area contributed by atoms with Crippen LogP contribution in [0, 0.1) is 11.8 Å². The Labute approximate surface area is 101 Å². The van der Waals surface area contributed by atoms with Crippen LogP contribution in [-0.4, -0.2) is 18.0 Å². The molecule has 1 unspecified atom stereocenters. The monoisotopic (exact) mass is 221 g/mol. The molecule has 0 bridgehead atoms. The summed E-state index contributed by atoms with van der Waals surface area (Å²) in [5, 5.41) is 0. The standard InChI is InChI=1S/C15H27N/c1-2-16-12-8-11-15(13-16)14-9-6-4-3-5-7-10-14/h2,14-15H,1,3-13H2. The van der Waals surface area contributed by atoms with Crippen molar-refractivity contribution >= 4 is 0 Å². The van der Waals surface area contributed by atoms with Crippen LogP contribution in [0.3, 0.4) is 0 Å². The van der Waals surface area contributed by atoms with Crippen LogP contribution in [0.1, 0.15) is 57.8 Å². The van der Waals surface area contributed by atoms with Gasteiger partial charge in [0.15, 0.2) is 0 Å². The number of nitrogens with zero attached hydrogens (tertiary/aromatic N) is 1. The Kier molecular flexibility index (Phi) is 4.74. The zero-order chi connectivity index (χ0) is 11.2. The lowest BCUT2D eigenvalue weighted by Gasteiger charge is -2.37. The molecule has 1 aliphatic carbocycles. The van der Waals surface area contributed by atoms with Gasteiger partial charge < -0.3 is 4.90 Å². The van der Waals surface area contributed by atoms with E-state index in [9.17, 15) is 0 Å². The largest absolute Gasteiger partial charge is 0.378 e. The van der Waals surface area contributed by atoms with Gasteiger partial charge in [0, 0.05) is 13.1 Å². The van der Waals surface area contributed by atoms with E-state index in [0.717, 1.165) is 11.8 Å². The smallest absolute Gasteiger partial charge is 0.0203 e. The van der Waals surface area contributed by atoms with E-state index < -0.39 is 0 Å². The van der Waals surface area contributed by atoms with Crippen LogP contribution in [-0.2, 0) is 0 Å². The molecule has 1 heteroatoms. The summed E-state index contributed by atoms with van der Waals surface area (Å²) in [6.07, 6.45) is 15.3. The molecule has 1 saturated carbocycles. The number of likely N-dealkylation sites (tertiary alicyclic amines) is 1. The highest BCUT2D eigenvalue weighted by atomic mass is 15.1. The van der Waals surface area contributed by atoms with Crippen LogP contribution in [0.5, 0.6) is 0 Å². The zero-order valence-corrected chi connectivity index (χ0v) is 10.7. The van der Waals surface area contributed by atoms with E-state index in [1.165, 1.54) is 70.9 Å². The zero-order valence-electron chi connectivity index (χ0n) is 10.7. The molecule has 1 saturated heterocycles. The third kappa shape index (κ3) is 3.26. The van der Waals surface area contributed by atoms with Crippen LogP contribution < -0.4 is 0 Å². The van der Waals surface area contributed by atoms with Gasteiger partial charge in [0.1, 0.15) is 0 Å². The molecule has 2 fully saturated rings. The van der Waals surface area contributed by atoms with Gasteiger partial charge in [-0.2, -0.15) is 0 Å². The van der Waals surface area contributed by atoms with Crippen molar-refractivity contribution in [1.82, 2.24) is 4.90 Å². The van der Waals surface area contributed by atoms with Gasteiger partial charge in [0.25, 0.3) is 0 Å². The van der Waals surface area contributed by atoms with Gasteiger partial charge >= 0.3 is 0 Å². The fourth-order valence-corrected chi connectivity index (χ4v) is 3.55. The van der Waals surface area contributed by atoms with E-state index in [2.05, 4.69) is 17.7 Å². The summed E-state index contributed by atoms with van der Waals surface area (Å²) in [7, 11) is 0. The number of rotatable bonds is 2. The Bertz CT molecular complexity index is 203. The minimum Gasteiger partial charge on any atom is -0.378 e. The van der Waals surface area contributed by atoms with Crippen molar-refractivity contribution in [3.63, 3.8) is 0 Å².